The summed E-state index contributed by atoms with van der Waals surface area (Å²) in [5.74, 6) is 0. The van der Waals surface area contributed by atoms with Crippen LogP contribution in [0, 0.1) is 0 Å². The van der Waals surface area contributed by atoms with Crippen molar-refractivity contribution < 1.29 is 9.31 Å². The summed E-state index contributed by atoms with van der Waals surface area (Å²) < 4.78 is 10.3. The van der Waals surface area contributed by atoms with E-state index < -0.39 is 7.12 Å². The van der Waals surface area contributed by atoms with E-state index in [-0.39, 0.29) is 0 Å². The Morgan fingerprint density at radius 1 is 1.00 bits per heavy atom. The van der Waals surface area contributed by atoms with Crippen molar-refractivity contribution in [2.24, 2.45) is 0 Å². The van der Waals surface area contributed by atoms with Gasteiger partial charge in [-0.05, 0) is 0 Å². The van der Waals surface area contributed by atoms with Crippen molar-refractivity contribution in [3.05, 3.63) is 56.0 Å². The number of rotatable bonds is 5. The highest BCUT2D eigenvalue weighted by molar-refractivity contribution is 6.61. The van der Waals surface area contributed by atoms with Crippen LogP contribution in [-0.2, 0) is 9.31 Å². The Kier molecular flexibility index (Phi) is 3.70. The van der Waals surface area contributed by atoms with E-state index in [4.69, 9.17) is 9.31 Å². The van der Waals surface area contributed by atoms with Gasteiger partial charge in [-0.1, -0.05) is 43.5 Å². The lowest BCUT2D eigenvalue weighted by Gasteiger charge is -2.09. The zero-order valence-electron chi connectivity index (χ0n) is 7.35. The third-order valence-electron chi connectivity index (χ3n) is 1.51. The van der Waals surface area contributed by atoms with Gasteiger partial charge >= 0.3 is 7.12 Å². The highest BCUT2D eigenvalue weighted by atomic mass is 16.6. The first kappa shape index (κ1) is 9.45. The fourth-order valence-electron chi connectivity index (χ4n) is 0.974. The molecule has 0 spiro atoms. The second-order valence-electron chi connectivity index (χ2n) is 2.35. The summed E-state index contributed by atoms with van der Waals surface area (Å²) in [6.07, 6.45) is 2.70. The Balaban J connectivity index is 2.75. The number of hydrogen-bond donors (Lipinski definition) is 0. The molecule has 3 heteroatoms. The summed E-state index contributed by atoms with van der Waals surface area (Å²) >= 11 is 0. The highest BCUT2D eigenvalue weighted by Crippen LogP contribution is 1.93. The summed E-state index contributed by atoms with van der Waals surface area (Å²) in [6.45, 7) is 6.94. The van der Waals surface area contributed by atoms with Crippen molar-refractivity contribution in [1.29, 1.82) is 0 Å². The monoisotopic (exact) mass is 174 g/mol. The van der Waals surface area contributed by atoms with Crippen LogP contribution in [0.15, 0.2) is 56.0 Å². The fraction of sp³-hybridized carbons (Fsp3) is 0. The van der Waals surface area contributed by atoms with Gasteiger partial charge in [-0.3, -0.25) is 0 Å². The van der Waals surface area contributed by atoms with Gasteiger partial charge in [0, 0.05) is 5.46 Å². The van der Waals surface area contributed by atoms with Gasteiger partial charge in [0.1, 0.15) is 0 Å². The largest absolute Gasteiger partial charge is 0.631 e. The molecule has 1 rings (SSSR count). The minimum absolute atomic E-state index is 0.448. The van der Waals surface area contributed by atoms with Crippen molar-refractivity contribution >= 4 is 12.6 Å². The average molecular weight is 174 g/mol. The van der Waals surface area contributed by atoms with Crippen LogP contribution in [0.4, 0.5) is 0 Å². The molecule has 0 aliphatic rings. The second-order valence-corrected chi connectivity index (χ2v) is 2.35. The molecular weight excluding hydrogens is 163 g/mol. The fourth-order valence-corrected chi connectivity index (χ4v) is 0.974. The molecule has 1 aromatic rings. The summed E-state index contributed by atoms with van der Waals surface area (Å²) in [7, 11) is -0.448. The molecule has 0 N–H and O–H groups in total. The lowest BCUT2D eigenvalue weighted by molar-refractivity contribution is 0.359. The average Bonchev–Trinajstić information content (AvgIpc) is 2.19. The van der Waals surface area contributed by atoms with Crippen LogP contribution in [0.3, 0.4) is 0 Å². The predicted octanol–water partition coefficient (Wildman–Crippen LogP) is 1.70. The van der Waals surface area contributed by atoms with Crippen molar-refractivity contribution in [3.8, 4) is 0 Å². The van der Waals surface area contributed by atoms with E-state index in [2.05, 4.69) is 13.2 Å². The normalized spacial score (nSPS) is 8.62. The molecule has 0 saturated heterocycles. The lowest BCUT2D eigenvalue weighted by Crippen LogP contribution is -2.33. The quantitative estimate of drug-likeness (QED) is 0.499. The standard InChI is InChI=1S/C10H11BO2/c1-3-12-11(13-4-2)10-8-6-5-7-9-10/h3-9H,1-2H2. The maximum atomic E-state index is 5.14. The second kappa shape index (κ2) is 5.09. The van der Waals surface area contributed by atoms with Gasteiger partial charge in [0.2, 0.25) is 0 Å². The molecule has 0 heterocycles. The first-order valence-corrected chi connectivity index (χ1v) is 3.96. The summed E-state index contributed by atoms with van der Waals surface area (Å²) in [6, 6.07) is 9.60. The van der Waals surface area contributed by atoms with Crippen molar-refractivity contribution in [3.63, 3.8) is 0 Å². The van der Waals surface area contributed by atoms with Gasteiger partial charge in [-0.15, -0.1) is 0 Å². The molecule has 66 valence electrons. The van der Waals surface area contributed by atoms with Gasteiger partial charge in [-0.2, -0.15) is 0 Å². The number of hydrogen-bond acceptors (Lipinski definition) is 2. The van der Waals surface area contributed by atoms with Gasteiger partial charge in [-0.25, -0.2) is 0 Å². The topological polar surface area (TPSA) is 18.5 Å². The zero-order chi connectivity index (χ0) is 9.52. The van der Waals surface area contributed by atoms with Crippen molar-refractivity contribution in [2.45, 2.75) is 0 Å². The van der Waals surface area contributed by atoms with Gasteiger partial charge in [0.25, 0.3) is 0 Å². The predicted molar refractivity (Wildman–Crippen MR) is 54.4 cm³/mol. The Bertz CT molecular complexity index is 262. The zero-order valence-corrected chi connectivity index (χ0v) is 7.35. The first-order valence-electron chi connectivity index (χ1n) is 3.96. The van der Waals surface area contributed by atoms with Crippen LogP contribution in [0.5, 0.6) is 0 Å². The highest BCUT2D eigenvalue weighted by Gasteiger charge is 2.21. The van der Waals surface area contributed by atoms with Gasteiger partial charge in [0.05, 0.1) is 12.5 Å². The molecule has 0 radical (unpaired) electrons. The van der Waals surface area contributed by atoms with E-state index in [1.165, 1.54) is 12.5 Å². The van der Waals surface area contributed by atoms with Crippen LogP contribution in [0.1, 0.15) is 0 Å². The van der Waals surface area contributed by atoms with Crippen LogP contribution < -0.4 is 5.46 Å². The lowest BCUT2D eigenvalue weighted by atomic mass is 9.79. The molecule has 1 aromatic carbocycles. The van der Waals surface area contributed by atoms with E-state index in [1.807, 2.05) is 30.3 Å². The SMILES string of the molecule is C=COB(OC=C)c1ccccc1. The van der Waals surface area contributed by atoms with E-state index in [0.29, 0.717) is 0 Å². The van der Waals surface area contributed by atoms with E-state index in [9.17, 15) is 0 Å². The van der Waals surface area contributed by atoms with E-state index in [0.717, 1.165) is 5.46 Å². The molecule has 2 nitrogen and oxygen atoms in total. The third kappa shape index (κ3) is 2.71. The van der Waals surface area contributed by atoms with Crippen molar-refractivity contribution in [1.82, 2.24) is 0 Å². The summed E-state index contributed by atoms with van der Waals surface area (Å²) in [5, 5.41) is 0. The smallest absolute Gasteiger partial charge is 0.529 e. The molecule has 0 bridgehead atoms. The molecule has 0 atom stereocenters. The Labute approximate surface area is 78.6 Å². The molecule has 0 amide bonds. The molecule has 0 saturated carbocycles. The van der Waals surface area contributed by atoms with Crippen LogP contribution in [0.2, 0.25) is 0 Å². The summed E-state index contributed by atoms with van der Waals surface area (Å²) in [4.78, 5) is 0. The Hall–Kier alpha value is -1.64. The van der Waals surface area contributed by atoms with Crippen molar-refractivity contribution in [2.75, 3.05) is 0 Å². The van der Waals surface area contributed by atoms with E-state index >= 15 is 0 Å². The molecule has 0 aromatic heterocycles. The molecule has 13 heavy (non-hydrogen) atoms. The minimum Gasteiger partial charge on any atom is -0.529 e. The van der Waals surface area contributed by atoms with Crippen LogP contribution >= 0.6 is 0 Å². The van der Waals surface area contributed by atoms with E-state index in [1.54, 1.807) is 0 Å². The first-order chi connectivity index (χ1) is 6.38. The molecule has 0 aliphatic carbocycles. The van der Waals surface area contributed by atoms with Crippen LogP contribution in [-0.4, -0.2) is 7.12 Å². The maximum Gasteiger partial charge on any atom is 0.631 e. The molecule has 0 fully saturated rings. The Morgan fingerprint density at radius 3 is 2.00 bits per heavy atom. The van der Waals surface area contributed by atoms with Gasteiger partial charge < -0.3 is 9.31 Å². The number of benzene rings is 1. The maximum absolute atomic E-state index is 5.14. The van der Waals surface area contributed by atoms with Crippen LogP contribution in [0.25, 0.3) is 0 Å². The summed E-state index contributed by atoms with van der Waals surface area (Å²) in [5.41, 5.74) is 0.933. The minimum atomic E-state index is -0.448. The van der Waals surface area contributed by atoms with Gasteiger partial charge in [0.15, 0.2) is 0 Å². The third-order valence-corrected chi connectivity index (χ3v) is 1.51. The Morgan fingerprint density at radius 2 is 1.54 bits per heavy atom. The molecule has 0 aliphatic heterocycles. The molecule has 0 unspecified atom stereocenters. The molecular formula is C10H11BO2.